The second-order valence-electron chi connectivity index (χ2n) is 3.55. The molecule has 0 N–H and O–H groups in total. The van der Waals surface area contributed by atoms with Gasteiger partial charge in [-0.25, -0.2) is 0 Å². The zero-order valence-electron chi connectivity index (χ0n) is 11.4. The van der Waals surface area contributed by atoms with E-state index in [1.54, 1.807) is 0 Å². The fraction of sp³-hybridized carbons (Fsp3) is 0.111. The van der Waals surface area contributed by atoms with E-state index in [4.69, 9.17) is 0 Å². The quantitative estimate of drug-likeness (QED) is 0.515. The molecule has 0 nitrogen and oxygen atoms in total. The lowest BCUT2D eigenvalue weighted by molar-refractivity contribution is 1.54. The van der Waals surface area contributed by atoms with Gasteiger partial charge in [-0.1, -0.05) is 80.5 Å². The smallest absolute Gasteiger partial charge is 0.0190 e. The summed E-state index contributed by atoms with van der Waals surface area (Å²) in [6, 6.07) is 0. The molecule has 0 aromatic heterocycles. The Morgan fingerprint density at radius 1 is 0.722 bits per heavy atom. The van der Waals surface area contributed by atoms with Gasteiger partial charge in [0.2, 0.25) is 0 Å². The molecule has 0 radical (unpaired) electrons. The molecular formula is C18H22. The molecule has 0 amide bonds. The molecule has 0 unspecified atom stereocenters. The topological polar surface area (TPSA) is 0 Å². The Morgan fingerprint density at radius 2 is 1.33 bits per heavy atom. The maximum Gasteiger partial charge on any atom is -0.0190 e. The van der Waals surface area contributed by atoms with E-state index in [0.717, 1.165) is 16.7 Å². The summed E-state index contributed by atoms with van der Waals surface area (Å²) in [4.78, 5) is 0. The van der Waals surface area contributed by atoms with Gasteiger partial charge >= 0.3 is 0 Å². The maximum atomic E-state index is 3.83. The molecule has 0 atom stereocenters. The minimum Gasteiger partial charge on any atom is -0.0985 e. The summed E-state index contributed by atoms with van der Waals surface area (Å²) in [6.07, 6.45) is 19.5. The molecule has 0 spiro atoms. The zero-order valence-corrected chi connectivity index (χ0v) is 11.4. The molecule has 94 valence electrons. The predicted octanol–water partition coefficient (Wildman–Crippen LogP) is 5.48. The molecule has 18 heavy (non-hydrogen) atoms. The molecule has 0 saturated heterocycles. The Bertz CT molecular complexity index is 435. The first kappa shape index (κ1) is 15.9. The van der Waals surface area contributed by atoms with Gasteiger partial charge < -0.3 is 0 Å². The Hall–Kier alpha value is -2.08. The monoisotopic (exact) mass is 238 g/mol. The molecule has 0 heteroatoms. The molecule has 0 bridgehead atoms. The summed E-state index contributed by atoms with van der Waals surface area (Å²) < 4.78 is 0. The van der Waals surface area contributed by atoms with Crippen molar-refractivity contribution >= 4 is 0 Å². The summed E-state index contributed by atoms with van der Waals surface area (Å²) >= 11 is 0. The van der Waals surface area contributed by atoms with E-state index < -0.39 is 0 Å². The number of hydrogen-bond acceptors (Lipinski definition) is 0. The zero-order chi connectivity index (χ0) is 13.8. The first-order valence-corrected chi connectivity index (χ1v) is 5.98. The molecule has 0 aliphatic carbocycles. The molecule has 0 rings (SSSR count). The lowest BCUT2D eigenvalue weighted by atomic mass is 10.1. The minimum atomic E-state index is 1.04. The maximum absolute atomic E-state index is 3.83. The number of allylic oxidation sites excluding steroid dienone is 13. The largest absolute Gasteiger partial charge is 0.0985 e. The third-order valence-corrected chi connectivity index (χ3v) is 2.29. The summed E-state index contributed by atoms with van der Waals surface area (Å²) in [6.45, 7) is 15.4. The van der Waals surface area contributed by atoms with Gasteiger partial charge in [-0.05, 0) is 30.6 Å². The summed E-state index contributed by atoms with van der Waals surface area (Å²) in [5.41, 5.74) is 3.14. The van der Waals surface area contributed by atoms with Crippen LogP contribution in [0.5, 0.6) is 0 Å². The van der Waals surface area contributed by atoms with Gasteiger partial charge in [0.25, 0.3) is 0 Å². The lowest BCUT2D eigenvalue weighted by Gasteiger charge is -2.00. The van der Waals surface area contributed by atoms with Crippen molar-refractivity contribution in [3.63, 3.8) is 0 Å². The fourth-order valence-corrected chi connectivity index (χ4v) is 1.33. The van der Waals surface area contributed by atoms with Crippen molar-refractivity contribution in [2.45, 2.75) is 13.8 Å². The Kier molecular flexibility index (Phi) is 8.93. The SMILES string of the molecule is C=CC(/C=C\C(C=C)=C\C=C\C)=C(C=C)/C=C/C. The molecule has 0 aromatic rings. The van der Waals surface area contributed by atoms with Crippen molar-refractivity contribution in [3.8, 4) is 0 Å². The highest BCUT2D eigenvalue weighted by atomic mass is 14.0. The summed E-state index contributed by atoms with van der Waals surface area (Å²) in [5, 5.41) is 0. The van der Waals surface area contributed by atoms with Crippen LogP contribution in [-0.2, 0) is 0 Å². The van der Waals surface area contributed by atoms with E-state index in [0.29, 0.717) is 0 Å². The predicted molar refractivity (Wildman–Crippen MR) is 84.5 cm³/mol. The molecule has 0 aliphatic heterocycles. The van der Waals surface area contributed by atoms with Crippen LogP contribution in [0.1, 0.15) is 13.8 Å². The van der Waals surface area contributed by atoms with E-state index in [1.807, 2.05) is 74.6 Å². The highest BCUT2D eigenvalue weighted by Gasteiger charge is 1.92. The van der Waals surface area contributed by atoms with Crippen molar-refractivity contribution in [2.75, 3.05) is 0 Å². The molecule has 0 aromatic carbocycles. The van der Waals surface area contributed by atoms with Crippen LogP contribution in [0.4, 0.5) is 0 Å². The van der Waals surface area contributed by atoms with E-state index in [2.05, 4.69) is 19.7 Å². The first-order valence-electron chi connectivity index (χ1n) is 5.98. The molecule has 0 aliphatic rings. The molecular weight excluding hydrogens is 216 g/mol. The highest BCUT2D eigenvalue weighted by molar-refractivity contribution is 5.47. The van der Waals surface area contributed by atoms with Gasteiger partial charge in [0.15, 0.2) is 0 Å². The summed E-state index contributed by atoms with van der Waals surface area (Å²) in [5.74, 6) is 0. The Balaban J connectivity index is 5.30. The van der Waals surface area contributed by atoms with E-state index in [-0.39, 0.29) is 0 Å². The van der Waals surface area contributed by atoms with Crippen molar-refractivity contribution in [3.05, 3.63) is 97.2 Å². The van der Waals surface area contributed by atoms with Crippen LogP contribution in [-0.4, -0.2) is 0 Å². The lowest BCUT2D eigenvalue weighted by Crippen LogP contribution is -1.80. The van der Waals surface area contributed by atoms with Crippen LogP contribution in [0.3, 0.4) is 0 Å². The fourth-order valence-electron chi connectivity index (χ4n) is 1.33. The van der Waals surface area contributed by atoms with Crippen LogP contribution in [0.15, 0.2) is 97.2 Å². The Morgan fingerprint density at radius 3 is 1.78 bits per heavy atom. The Labute approximate surface area is 111 Å². The first-order chi connectivity index (χ1) is 8.73. The normalized spacial score (nSPS) is 14.2. The third kappa shape index (κ3) is 5.86. The number of hydrogen-bond donors (Lipinski definition) is 0. The van der Waals surface area contributed by atoms with Crippen LogP contribution in [0.2, 0.25) is 0 Å². The van der Waals surface area contributed by atoms with E-state index in [9.17, 15) is 0 Å². The molecule has 0 saturated carbocycles. The van der Waals surface area contributed by atoms with Crippen LogP contribution in [0, 0.1) is 0 Å². The molecule has 0 fully saturated rings. The second-order valence-corrected chi connectivity index (χ2v) is 3.55. The van der Waals surface area contributed by atoms with Gasteiger partial charge in [-0.3, -0.25) is 0 Å². The van der Waals surface area contributed by atoms with Crippen LogP contribution < -0.4 is 0 Å². The average molecular weight is 238 g/mol. The van der Waals surface area contributed by atoms with Crippen LogP contribution in [0.25, 0.3) is 0 Å². The number of rotatable bonds is 7. The highest BCUT2D eigenvalue weighted by Crippen LogP contribution is 2.12. The van der Waals surface area contributed by atoms with Crippen molar-refractivity contribution < 1.29 is 0 Å². The van der Waals surface area contributed by atoms with Gasteiger partial charge in [-0.2, -0.15) is 0 Å². The van der Waals surface area contributed by atoms with Gasteiger partial charge in [-0.15, -0.1) is 0 Å². The van der Waals surface area contributed by atoms with Crippen molar-refractivity contribution in [1.29, 1.82) is 0 Å². The molecule has 0 heterocycles. The standard InChI is InChI=1S/C18H22/c1-6-11-13-16(8-3)14-15-18(10-5)17(9-4)12-7-2/h6-15H,3-5H2,1-2H3/b11-6+,12-7+,15-14-,16-13+,18-17-. The second kappa shape index (κ2) is 10.1. The third-order valence-electron chi connectivity index (χ3n) is 2.29. The van der Waals surface area contributed by atoms with E-state index in [1.165, 1.54) is 0 Å². The van der Waals surface area contributed by atoms with Gasteiger partial charge in [0.1, 0.15) is 0 Å². The summed E-state index contributed by atoms with van der Waals surface area (Å²) in [7, 11) is 0. The van der Waals surface area contributed by atoms with Gasteiger partial charge in [0.05, 0.1) is 0 Å². The average Bonchev–Trinajstić information content (AvgIpc) is 2.41. The van der Waals surface area contributed by atoms with Crippen molar-refractivity contribution in [2.24, 2.45) is 0 Å². The van der Waals surface area contributed by atoms with Crippen LogP contribution >= 0.6 is 0 Å². The van der Waals surface area contributed by atoms with Gasteiger partial charge in [0, 0.05) is 0 Å². The minimum absolute atomic E-state index is 1.04. The van der Waals surface area contributed by atoms with E-state index >= 15 is 0 Å². The van der Waals surface area contributed by atoms with Crippen molar-refractivity contribution in [1.82, 2.24) is 0 Å².